The van der Waals surface area contributed by atoms with Crippen molar-refractivity contribution in [1.82, 2.24) is 14.4 Å². The lowest BCUT2D eigenvalue weighted by atomic mass is 9.87. The van der Waals surface area contributed by atoms with E-state index in [9.17, 15) is 9.59 Å². The summed E-state index contributed by atoms with van der Waals surface area (Å²) in [6.07, 6.45) is 5.42. The molecule has 0 saturated carbocycles. The van der Waals surface area contributed by atoms with E-state index in [2.05, 4.69) is 36.4 Å². The van der Waals surface area contributed by atoms with Gasteiger partial charge in [0.1, 0.15) is 0 Å². The number of fused-ring (bicyclic) bond motifs is 1. The van der Waals surface area contributed by atoms with Crippen LogP contribution in [0, 0.1) is 0 Å². The number of hydrogen-bond donors (Lipinski definition) is 3. The van der Waals surface area contributed by atoms with Gasteiger partial charge < -0.3 is 20.8 Å². The molecule has 0 aliphatic heterocycles. The molecule has 8 nitrogen and oxygen atoms in total. The Morgan fingerprint density at radius 3 is 2.29 bits per heavy atom. The van der Waals surface area contributed by atoms with Gasteiger partial charge in [-0.15, -0.1) is 0 Å². The van der Waals surface area contributed by atoms with E-state index >= 15 is 0 Å². The van der Waals surface area contributed by atoms with Gasteiger partial charge in [-0.1, -0.05) is 45.0 Å². The van der Waals surface area contributed by atoms with E-state index in [0.717, 1.165) is 11.3 Å². The number of aromatic nitrogens is 3. The van der Waals surface area contributed by atoms with Crippen LogP contribution in [0.4, 0.5) is 17.2 Å². The van der Waals surface area contributed by atoms with Crippen molar-refractivity contribution in [2.24, 2.45) is 5.73 Å². The Morgan fingerprint density at radius 2 is 1.61 bits per heavy atom. The van der Waals surface area contributed by atoms with Crippen molar-refractivity contribution in [2.45, 2.75) is 26.2 Å². The van der Waals surface area contributed by atoms with Gasteiger partial charge in [0.2, 0.25) is 5.91 Å². The Balaban J connectivity index is 1.40. The summed E-state index contributed by atoms with van der Waals surface area (Å²) in [6, 6.07) is 22.1. The lowest BCUT2D eigenvalue weighted by molar-refractivity contribution is 0.0997. The van der Waals surface area contributed by atoms with Gasteiger partial charge >= 0.3 is 0 Å². The maximum Gasteiger partial charge on any atom is 0.255 e. The van der Waals surface area contributed by atoms with Crippen molar-refractivity contribution in [3.63, 3.8) is 0 Å². The molecule has 0 fully saturated rings. The molecule has 0 atom stereocenters. The fraction of sp³-hybridized carbons (Fsp3) is 0.133. The standard InChI is InChI=1S/C30H28N6O2/c1-30(2,3)22-11-7-20(8-12-22)29(38)34-24-6-4-5-21(17-24)25-18-36-16-15-32-28(36)27(35-25)33-23-13-9-19(10-14-23)26(31)37/h4-18H,1-3H3,(H2,31,37)(H,33,35)(H,34,38). The molecule has 2 amide bonds. The number of anilines is 3. The predicted molar refractivity (Wildman–Crippen MR) is 150 cm³/mol. The highest BCUT2D eigenvalue weighted by molar-refractivity contribution is 6.04. The minimum absolute atomic E-state index is 0.0212. The number of nitrogens with one attached hydrogen (secondary N) is 2. The highest BCUT2D eigenvalue weighted by Crippen LogP contribution is 2.27. The summed E-state index contributed by atoms with van der Waals surface area (Å²) < 4.78 is 1.88. The number of rotatable bonds is 6. The first-order chi connectivity index (χ1) is 18.2. The third-order valence-electron chi connectivity index (χ3n) is 6.24. The minimum atomic E-state index is -0.485. The Labute approximate surface area is 220 Å². The molecule has 4 N–H and O–H groups in total. The number of carbonyl (C=O) groups is 2. The maximum atomic E-state index is 12.9. The van der Waals surface area contributed by atoms with Crippen molar-refractivity contribution < 1.29 is 9.59 Å². The van der Waals surface area contributed by atoms with Crippen LogP contribution in [0.3, 0.4) is 0 Å². The lowest BCUT2D eigenvalue weighted by Crippen LogP contribution is -2.14. The Kier molecular flexibility index (Phi) is 6.38. The molecule has 2 heterocycles. The smallest absolute Gasteiger partial charge is 0.255 e. The Hall–Kier alpha value is -4.98. The second-order valence-corrected chi connectivity index (χ2v) is 10.1. The Morgan fingerprint density at radius 1 is 0.895 bits per heavy atom. The zero-order valence-corrected chi connectivity index (χ0v) is 21.4. The largest absolute Gasteiger partial charge is 0.366 e. The van der Waals surface area contributed by atoms with Crippen LogP contribution in [0.1, 0.15) is 47.1 Å². The summed E-state index contributed by atoms with van der Waals surface area (Å²) in [5.74, 6) is -0.115. The molecular formula is C30H28N6O2. The van der Waals surface area contributed by atoms with Gasteiger partial charge in [0.05, 0.1) is 5.69 Å². The topological polar surface area (TPSA) is 114 Å². The quantitative estimate of drug-likeness (QED) is 0.271. The average Bonchev–Trinajstić information content (AvgIpc) is 3.38. The van der Waals surface area contributed by atoms with E-state index in [1.807, 2.05) is 65.3 Å². The first-order valence-corrected chi connectivity index (χ1v) is 12.2. The van der Waals surface area contributed by atoms with Gasteiger partial charge in [0.25, 0.3) is 5.91 Å². The van der Waals surface area contributed by atoms with E-state index in [-0.39, 0.29) is 11.3 Å². The van der Waals surface area contributed by atoms with E-state index in [0.29, 0.717) is 34.0 Å². The van der Waals surface area contributed by atoms with E-state index in [1.165, 1.54) is 5.56 Å². The molecule has 0 bridgehead atoms. The monoisotopic (exact) mass is 504 g/mol. The molecule has 0 unspecified atom stereocenters. The number of amides is 2. The van der Waals surface area contributed by atoms with Crippen LogP contribution in [-0.2, 0) is 5.41 Å². The number of primary amides is 1. The molecule has 5 rings (SSSR count). The van der Waals surface area contributed by atoms with Crippen molar-refractivity contribution in [1.29, 1.82) is 0 Å². The molecule has 0 radical (unpaired) electrons. The molecular weight excluding hydrogens is 476 g/mol. The second kappa shape index (κ2) is 9.82. The minimum Gasteiger partial charge on any atom is -0.366 e. The van der Waals surface area contributed by atoms with Crippen molar-refractivity contribution in [3.05, 3.63) is 108 Å². The summed E-state index contributed by atoms with van der Waals surface area (Å²) in [5.41, 5.74) is 11.1. The van der Waals surface area contributed by atoms with Crippen LogP contribution in [0.5, 0.6) is 0 Å². The molecule has 0 spiro atoms. The van der Waals surface area contributed by atoms with E-state index in [1.54, 1.807) is 30.5 Å². The number of nitrogens with two attached hydrogens (primary N) is 1. The van der Waals surface area contributed by atoms with Crippen molar-refractivity contribution >= 4 is 34.7 Å². The normalized spacial score (nSPS) is 11.3. The third-order valence-corrected chi connectivity index (χ3v) is 6.24. The summed E-state index contributed by atoms with van der Waals surface area (Å²) in [7, 11) is 0. The van der Waals surface area contributed by atoms with Gasteiger partial charge in [-0.05, 0) is 59.5 Å². The molecule has 38 heavy (non-hydrogen) atoms. The highest BCUT2D eigenvalue weighted by atomic mass is 16.2. The van der Waals surface area contributed by atoms with Crippen LogP contribution < -0.4 is 16.4 Å². The molecule has 2 aromatic heterocycles. The van der Waals surface area contributed by atoms with E-state index < -0.39 is 5.91 Å². The lowest BCUT2D eigenvalue weighted by Gasteiger charge is -2.19. The van der Waals surface area contributed by atoms with Crippen LogP contribution in [0.2, 0.25) is 0 Å². The van der Waals surface area contributed by atoms with Crippen LogP contribution in [0.15, 0.2) is 91.4 Å². The molecule has 0 aliphatic carbocycles. The average molecular weight is 505 g/mol. The summed E-state index contributed by atoms with van der Waals surface area (Å²) in [5, 5.41) is 6.26. The number of benzene rings is 3. The fourth-order valence-electron chi connectivity index (χ4n) is 4.09. The third kappa shape index (κ3) is 5.24. The maximum absolute atomic E-state index is 12.9. The Bertz CT molecular complexity index is 1630. The molecule has 3 aromatic carbocycles. The van der Waals surface area contributed by atoms with Crippen LogP contribution >= 0.6 is 0 Å². The fourth-order valence-corrected chi connectivity index (χ4v) is 4.09. The van der Waals surface area contributed by atoms with Gasteiger partial charge in [0, 0.05) is 46.7 Å². The van der Waals surface area contributed by atoms with Gasteiger partial charge in [-0.2, -0.15) is 0 Å². The summed E-state index contributed by atoms with van der Waals surface area (Å²) >= 11 is 0. The first-order valence-electron chi connectivity index (χ1n) is 12.2. The molecule has 190 valence electrons. The highest BCUT2D eigenvalue weighted by Gasteiger charge is 2.15. The van der Waals surface area contributed by atoms with Gasteiger partial charge in [0.15, 0.2) is 11.5 Å². The first kappa shape index (κ1) is 24.7. The van der Waals surface area contributed by atoms with Crippen LogP contribution in [-0.4, -0.2) is 26.2 Å². The number of hydrogen-bond acceptors (Lipinski definition) is 5. The SMILES string of the molecule is CC(C)(C)c1ccc(C(=O)Nc2cccc(-c3cn4ccnc4c(Nc4ccc(C(N)=O)cc4)n3)c2)cc1. The second-order valence-electron chi connectivity index (χ2n) is 10.1. The molecule has 8 heteroatoms. The molecule has 5 aromatic rings. The molecule has 0 saturated heterocycles. The zero-order valence-electron chi connectivity index (χ0n) is 21.4. The molecule has 0 aliphatic rings. The van der Waals surface area contributed by atoms with Crippen LogP contribution in [0.25, 0.3) is 16.9 Å². The zero-order chi connectivity index (χ0) is 26.9. The van der Waals surface area contributed by atoms with E-state index in [4.69, 9.17) is 10.7 Å². The summed E-state index contributed by atoms with van der Waals surface area (Å²) in [4.78, 5) is 33.5. The number of carbonyl (C=O) groups excluding carboxylic acids is 2. The summed E-state index contributed by atoms with van der Waals surface area (Å²) in [6.45, 7) is 6.43. The van der Waals surface area contributed by atoms with Crippen molar-refractivity contribution in [3.8, 4) is 11.3 Å². The van der Waals surface area contributed by atoms with Gasteiger partial charge in [-0.3, -0.25) is 9.59 Å². The number of imidazole rings is 1. The predicted octanol–water partition coefficient (Wildman–Crippen LogP) is 5.79. The number of nitrogens with zero attached hydrogens (tertiary/aromatic N) is 3. The van der Waals surface area contributed by atoms with Crippen molar-refractivity contribution in [2.75, 3.05) is 10.6 Å². The van der Waals surface area contributed by atoms with Gasteiger partial charge in [-0.25, -0.2) is 9.97 Å².